The molecule has 0 radical (unpaired) electrons. The largest absolute Gasteiger partial charge is 0.495 e. The Bertz CT molecular complexity index is 807. The van der Waals surface area contributed by atoms with Crippen molar-refractivity contribution < 1.29 is 14.3 Å². The lowest BCUT2D eigenvalue weighted by atomic mass is 10.1. The van der Waals surface area contributed by atoms with Gasteiger partial charge >= 0.3 is 0 Å². The second-order valence-corrected chi connectivity index (χ2v) is 6.01. The van der Waals surface area contributed by atoms with Crippen LogP contribution in [0.25, 0.3) is 0 Å². The fourth-order valence-corrected chi connectivity index (χ4v) is 2.98. The van der Waals surface area contributed by atoms with Gasteiger partial charge in [0, 0.05) is 17.8 Å². The SMILES string of the molecule is COc1ccc(NC(=O)C(C)N2Cc3ccccc3C2=O)cc1Cl. The number of methoxy groups -OCH3 is 1. The summed E-state index contributed by atoms with van der Waals surface area (Å²) in [4.78, 5) is 26.5. The number of hydrogen-bond acceptors (Lipinski definition) is 3. The highest BCUT2D eigenvalue weighted by atomic mass is 35.5. The molecule has 0 saturated heterocycles. The van der Waals surface area contributed by atoms with Crippen LogP contribution in [0.2, 0.25) is 5.02 Å². The van der Waals surface area contributed by atoms with E-state index in [0.717, 1.165) is 5.56 Å². The number of hydrogen-bond donors (Lipinski definition) is 1. The van der Waals surface area contributed by atoms with E-state index in [-0.39, 0.29) is 11.8 Å². The number of ether oxygens (including phenoxy) is 1. The van der Waals surface area contributed by atoms with Crippen LogP contribution in [0.4, 0.5) is 5.69 Å². The van der Waals surface area contributed by atoms with Crippen molar-refractivity contribution in [3.8, 4) is 5.75 Å². The molecule has 24 heavy (non-hydrogen) atoms. The van der Waals surface area contributed by atoms with Crippen molar-refractivity contribution in [3.05, 3.63) is 58.6 Å². The molecule has 6 heteroatoms. The molecule has 1 unspecified atom stereocenters. The number of rotatable bonds is 4. The van der Waals surface area contributed by atoms with Crippen LogP contribution in [0.5, 0.6) is 5.75 Å². The molecule has 0 spiro atoms. The third-order valence-corrected chi connectivity index (χ3v) is 4.41. The fraction of sp³-hybridized carbons (Fsp3) is 0.222. The fourth-order valence-electron chi connectivity index (χ4n) is 2.72. The van der Waals surface area contributed by atoms with Crippen molar-refractivity contribution >= 4 is 29.1 Å². The van der Waals surface area contributed by atoms with Crippen LogP contribution < -0.4 is 10.1 Å². The van der Waals surface area contributed by atoms with E-state index in [2.05, 4.69) is 5.32 Å². The Labute approximate surface area is 145 Å². The summed E-state index contributed by atoms with van der Waals surface area (Å²) >= 11 is 6.06. The molecule has 5 nitrogen and oxygen atoms in total. The van der Waals surface area contributed by atoms with Gasteiger partial charge in [0.1, 0.15) is 11.8 Å². The zero-order valence-electron chi connectivity index (χ0n) is 13.4. The molecule has 0 saturated carbocycles. The lowest BCUT2D eigenvalue weighted by molar-refractivity contribution is -0.120. The Morgan fingerprint density at radius 2 is 2.04 bits per heavy atom. The highest BCUT2D eigenvalue weighted by molar-refractivity contribution is 6.32. The summed E-state index contributed by atoms with van der Waals surface area (Å²) in [6, 6.07) is 11.8. The summed E-state index contributed by atoms with van der Waals surface area (Å²) < 4.78 is 5.09. The Balaban J connectivity index is 1.72. The predicted molar refractivity (Wildman–Crippen MR) is 92.4 cm³/mol. The van der Waals surface area contributed by atoms with Crippen LogP contribution >= 0.6 is 11.6 Å². The minimum atomic E-state index is -0.592. The van der Waals surface area contributed by atoms with Crippen LogP contribution in [0.1, 0.15) is 22.8 Å². The highest BCUT2D eigenvalue weighted by Gasteiger charge is 2.33. The number of benzene rings is 2. The van der Waals surface area contributed by atoms with Gasteiger partial charge in [-0.15, -0.1) is 0 Å². The molecule has 1 heterocycles. The predicted octanol–water partition coefficient (Wildman–Crippen LogP) is 3.33. The molecule has 2 aromatic rings. The first-order valence-corrected chi connectivity index (χ1v) is 7.92. The standard InChI is InChI=1S/C18H17ClN2O3/c1-11(21-10-12-5-3-4-6-14(12)18(21)23)17(22)20-13-7-8-16(24-2)15(19)9-13/h3-9,11H,10H2,1-2H3,(H,20,22). The quantitative estimate of drug-likeness (QED) is 0.925. The lowest BCUT2D eigenvalue weighted by Gasteiger charge is -2.23. The summed E-state index contributed by atoms with van der Waals surface area (Å²) in [7, 11) is 1.53. The molecule has 0 fully saturated rings. The Morgan fingerprint density at radius 1 is 1.29 bits per heavy atom. The number of nitrogens with one attached hydrogen (secondary N) is 1. The Kier molecular flexibility index (Phi) is 4.44. The topological polar surface area (TPSA) is 58.6 Å². The second-order valence-electron chi connectivity index (χ2n) is 5.60. The Hall–Kier alpha value is -2.53. The minimum absolute atomic E-state index is 0.124. The molecular weight excluding hydrogens is 328 g/mol. The molecule has 124 valence electrons. The average Bonchev–Trinajstić information content (AvgIpc) is 2.91. The lowest BCUT2D eigenvalue weighted by Crippen LogP contribution is -2.42. The molecule has 1 aliphatic rings. The maximum Gasteiger partial charge on any atom is 0.255 e. The normalized spacial score (nSPS) is 14.3. The van der Waals surface area contributed by atoms with Gasteiger partial charge in [0.15, 0.2) is 0 Å². The maximum atomic E-state index is 12.5. The molecule has 2 aromatic carbocycles. The summed E-state index contributed by atoms with van der Waals surface area (Å²) in [5.41, 5.74) is 2.15. The van der Waals surface area contributed by atoms with E-state index in [4.69, 9.17) is 16.3 Å². The van der Waals surface area contributed by atoms with E-state index in [1.165, 1.54) is 7.11 Å². The average molecular weight is 345 g/mol. The van der Waals surface area contributed by atoms with E-state index >= 15 is 0 Å². The van der Waals surface area contributed by atoms with Crippen LogP contribution in [-0.4, -0.2) is 29.9 Å². The zero-order chi connectivity index (χ0) is 17.3. The van der Waals surface area contributed by atoms with Gasteiger partial charge in [0.2, 0.25) is 5.91 Å². The molecule has 1 aliphatic heterocycles. The number of fused-ring (bicyclic) bond motifs is 1. The smallest absolute Gasteiger partial charge is 0.255 e. The van der Waals surface area contributed by atoms with Gasteiger partial charge in [0.25, 0.3) is 5.91 Å². The van der Waals surface area contributed by atoms with Crippen LogP contribution in [0.3, 0.4) is 0 Å². The van der Waals surface area contributed by atoms with Gasteiger partial charge in [-0.3, -0.25) is 9.59 Å². The summed E-state index contributed by atoms with van der Waals surface area (Å²) in [6.45, 7) is 2.15. The van der Waals surface area contributed by atoms with Crippen LogP contribution in [-0.2, 0) is 11.3 Å². The van der Waals surface area contributed by atoms with Crippen molar-refractivity contribution in [2.75, 3.05) is 12.4 Å². The molecule has 0 bridgehead atoms. The van der Waals surface area contributed by atoms with E-state index in [1.54, 1.807) is 36.1 Å². The minimum Gasteiger partial charge on any atom is -0.495 e. The van der Waals surface area contributed by atoms with Crippen molar-refractivity contribution in [2.45, 2.75) is 19.5 Å². The van der Waals surface area contributed by atoms with E-state index in [1.807, 2.05) is 18.2 Å². The summed E-state index contributed by atoms with van der Waals surface area (Å²) in [6.07, 6.45) is 0. The number of nitrogens with zero attached hydrogens (tertiary/aromatic N) is 1. The van der Waals surface area contributed by atoms with E-state index in [0.29, 0.717) is 28.6 Å². The van der Waals surface area contributed by atoms with Gasteiger partial charge in [-0.05, 0) is 36.8 Å². The monoisotopic (exact) mass is 344 g/mol. The third-order valence-electron chi connectivity index (χ3n) is 4.12. The molecular formula is C18H17ClN2O3. The van der Waals surface area contributed by atoms with Crippen molar-refractivity contribution in [3.63, 3.8) is 0 Å². The summed E-state index contributed by atoms with van der Waals surface area (Å²) in [5.74, 6) is 0.145. The van der Waals surface area contributed by atoms with Crippen LogP contribution in [0.15, 0.2) is 42.5 Å². The molecule has 1 N–H and O–H groups in total. The molecule has 2 amide bonds. The third kappa shape index (κ3) is 2.95. The van der Waals surface area contributed by atoms with Gasteiger partial charge in [0.05, 0.1) is 12.1 Å². The number of anilines is 1. The first-order valence-electron chi connectivity index (χ1n) is 7.54. The number of halogens is 1. The van der Waals surface area contributed by atoms with Gasteiger partial charge in [-0.2, -0.15) is 0 Å². The second kappa shape index (κ2) is 6.53. The number of carbonyl (C=O) groups excluding carboxylic acids is 2. The molecule has 0 aliphatic carbocycles. The molecule has 3 rings (SSSR count). The zero-order valence-corrected chi connectivity index (χ0v) is 14.1. The van der Waals surface area contributed by atoms with E-state index < -0.39 is 6.04 Å². The van der Waals surface area contributed by atoms with Gasteiger partial charge < -0.3 is 15.0 Å². The van der Waals surface area contributed by atoms with Gasteiger partial charge in [-0.25, -0.2) is 0 Å². The Morgan fingerprint density at radius 3 is 2.71 bits per heavy atom. The first-order chi connectivity index (χ1) is 11.5. The van der Waals surface area contributed by atoms with Crippen molar-refractivity contribution in [2.24, 2.45) is 0 Å². The highest BCUT2D eigenvalue weighted by Crippen LogP contribution is 2.28. The molecule has 0 aromatic heterocycles. The first kappa shape index (κ1) is 16.3. The maximum absolute atomic E-state index is 12.5. The van der Waals surface area contributed by atoms with Crippen molar-refractivity contribution in [1.29, 1.82) is 0 Å². The van der Waals surface area contributed by atoms with E-state index in [9.17, 15) is 9.59 Å². The van der Waals surface area contributed by atoms with Crippen molar-refractivity contribution in [1.82, 2.24) is 4.90 Å². The van der Waals surface area contributed by atoms with Crippen LogP contribution in [0, 0.1) is 0 Å². The number of amides is 2. The molecule has 1 atom stereocenters. The van der Waals surface area contributed by atoms with Gasteiger partial charge in [-0.1, -0.05) is 29.8 Å². The summed E-state index contributed by atoms with van der Waals surface area (Å²) in [5, 5.41) is 3.20. The number of carbonyl (C=O) groups is 2.